The van der Waals surface area contributed by atoms with Gasteiger partial charge in [0.05, 0.1) is 12.7 Å². The van der Waals surface area contributed by atoms with E-state index in [4.69, 9.17) is 4.74 Å². The molecule has 3 aliphatic carbocycles. The highest BCUT2D eigenvalue weighted by Gasteiger charge is 2.70. The third-order valence-corrected chi connectivity index (χ3v) is 9.66. The molecule has 2 saturated carbocycles. The van der Waals surface area contributed by atoms with Gasteiger partial charge in [0.2, 0.25) is 0 Å². The Kier molecular flexibility index (Phi) is 6.16. The Bertz CT molecular complexity index is 971. The molecule has 0 aromatic carbocycles. The summed E-state index contributed by atoms with van der Waals surface area (Å²) in [4.78, 5) is 32.8. The fourth-order valence-corrected chi connectivity index (χ4v) is 7.63. The van der Waals surface area contributed by atoms with Gasteiger partial charge in [0.1, 0.15) is 11.3 Å². The van der Waals surface area contributed by atoms with Crippen molar-refractivity contribution < 1.29 is 19.4 Å². The number of carbonyl (C=O) groups excluding carboxylic acids is 2. The van der Waals surface area contributed by atoms with E-state index in [1.165, 1.54) is 17.7 Å². The number of hydrogen-bond donors (Lipinski definition) is 1. The molecule has 0 unspecified atom stereocenters. The van der Waals surface area contributed by atoms with Gasteiger partial charge < -0.3 is 14.7 Å². The minimum Gasteiger partial charge on any atom is -0.497 e. The summed E-state index contributed by atoms with van der Waals surface area (Å²) < 4.78 is 5.64. The maximum Gasteiger partial charge on any atom is 0.327 e. The predicted octanol–water partition coefficient (Wildman–Crippen LogP) is 3.85. The Morgan fingerprint density at radius 1 is 1.14 bits per heavy atom. The summed E-state index contributed by atoms with van der Waals surface area (Å²) in [5, 5.41) is 12.8. The minimum atomic E-state index is -1.02. The number of urea groups is 1. The van der Waals surface area contributed by atoms with Crippen LogP contribution in [0, 0.1) is 11.3 Å². The smallest absolute Gasteiger partial charge is 0.327 e. The van der Waals surface area contributed by atoms with E-state index in [1.807, 2.05) is 26.0 Å². The molecule has 7 nitrogen and oxygen atoms in total. The number of rotatable bonds is 5. The predicted molar refractivity (Wildman–Crippen MR) is 134 cm³/mol. The van der Waals surface area contributed by atoms with Crippen LogP contribution in [0.5, 0.6) is 0 Å². The average Bonchev–Trinajstić information content (AvgIpc) is 3.63. The van der Waals surface area contributed by atoms with Crippen LogP contribution in [0.3, 0.4) is 0 Å². The van der Waals surface area contributed by atoms with E-state index in [-0.39, 0.29) is 18.0 Å². The number of likely N-dealkylation sites (N-methyl/N-ethyl adjacent to an activating group) is 2. The Labute approximate surface area is 209 Å². The third-order valence-electron chi connectivity index (χ3n) is 9.66. The van der Waals surface area contributed by atoms with E-state index in [2.05, 4.69) is 17.6 Å². The molecule has 0 aromatic rings. The minimum absolute atomic E-state index is 0.00217. The number of allylic oxidation sites excluding steroid dienone is 3. The van der Waals surface area contributed by atoms with Crippen molar-refractivity contribution in [1.82, 2.24) is 14.7 Å². The second kappa shape index (κ2) is 8.77. The summed E-state index contributed by atoms with van der Waals surface area (Å²) in [6, 6.07) is -0.205. The van der Waals surface area contributed by atoms with Crippen molar-refractivity contribution in [2.45, 2.75) is 82.4 Å². The summed E-state index contributed by atoms with van der Waals surface area (Å²) in [5.41, 5.74) is -1.85. The van der Waals surface area contributed by atoms with Crippen LogP contribution in [-0.4, -0.2) is 82.2 Å². The first-order valence-electron chi connectivity index (χ1n) is 13.5. The van der Waals surface area contributed by atoms with E-state index in [9.17, 15) is 14.7 Å². The molecular formula is C28H41N3O4. The molecule has 3 amide bonds. The van der Waals surface area contributed by atoms with Crippen LogP contribution >= 0.6 is 0 Å². The van der Waals surface area contributed by atoms with Gasteiger partial charge in [-0.05, 0) is 95.4 Å². The van der Waals surface area contributed by atoms with Gasteiger partial charge in [0, 0.05) is 31.1 Å². The lowest BCUT2D eigenvalue weighted by Gasteiger charge is -2.64. The number of hydrogen-bond acceptors (Lipinski definition) is 5. The summed E-state index contributed by atoms with van der Waals surface area (Å²) in [7, 11) is 1.65. The van der Waals surface area contributed by atoms with Gasteiger partial charge in [-0.3, -0.25) is 14.6 Å². The number of imide groups is 1. The van der Waals surface area contributed by atoms with Gasteiger partial charge in [0.25, 0.3) is 5.91 Å². The van der Waals surface area contributed by atoms with Crippen LogP contribution in [-0.2, 0) is 9.53 Å². The highest BCUT2D eigenvalue weighted by molar-refractivity contribution is 6.07. The number of nitrogens with zero attached hydrogens (tertiary/aromatic N) is 3. The van der Waals surface area contributed by atoms with Crippen LogP contribution in [0.2, 0.25) is 0 Å². The molecule has 5 aliphatic rings. The normalized spacial score (nSPS) is 40.5. The van der Waals surface area contributed by atoms with Gasteiger partial charge in [0.15, 0.2) is 0 Å². The molecule has 5 rings (SSSR count). The molecule has 192 valence electrons. The maximum atomic E-state index is 13.8. The first kappa shape index (κ1) is 24.6. The molecule has 0 radical (unpaired) electrons. The maximum absolute atomic E-state index is 13.8. The molecule has 0 aromatic heterocycles. The Balaban J connectivity index is 1.63. The third kappa shape index (κ3) is 3.52. The molecule has 4 atom stereocenters. The number of likely N-dealkylation sites (tertiary alicyclic amines) is 1. The zero-order valence-electron chi connectivity index (χ0n) is 21.6. The highest BCUT2D eigenvalue weighted by Crippen LogP contribution is 2.62. The molecule has 2 heterocycles. The van der Waals surface area contributed by atoms with E-state index in [0.717, 1.165) is 43.8 Å². The molecule has 2 aliphatic heterocycles. The van der Waals surface area contributed by atoms with Crippen molar-refractivity contribution in [1.29, 1.82) is 0 Å². The number of aliphatic hydroxyl groups is 1. The number of amides is 3. The molecular weight excluding hydrogens is 442 g/mol. The quantitative estimate of drug-likeness (QED) is 0.602. The molecule has 7 heteroatoms. The van der Waals surface area contributed by atoms with Crippen molar-refractivity contribution in [2.75, 3.05) is 33.3 Å². The summed E-state index contributed by atoms with van der Waals surface area (Å²) >= 11 is 0. The van der Waals surface area contributed by atoms with Crippen molar-refractivity contribution in [3.05, 3.63) is 36.1 Å². The van der Waals surface area contributed by atoms with Crippen molar-refractivity contribution in [3.63, 3.8) is 0 Å². The van der Waals surface area contributed by atoms with Crippen molar-refractivity contribution in [3.8, 4) is 0 Å². The first-order valence-corrected chi connectivity index (χ1v) is 13.5. The molecule has 35 heavy (non-hydrogen) atoms. The standard InChI is InChI=1S/C28H41N3O4/c1-5-30-24(32)27(31(6-2)25(30)33)13-14-28(34)23-10-8-7-9-22(35-4)17-20(3)26(28,19-27)15-16-29(23)18-21-11-12-21/h7,9,17,21,23,34H,3,5-6,8,10-16,18-19H2,1-2,4H3/b9-7-,22-17+/t23-,26-,27+,28-/m1/s1. The fraction of sp³-hybridized carbons (Fsp3) is 0.714. The van der Waals surface area contributed by atoms with E-state index >= 15 is 0 Å². The van der Waals surface area contributed by atoms with Crippen molar-refractivity contribution >= 4 is 11.9 Å². The van der Waals surface area contributed by atoms with E-state index in [1.54, 1.807) is 12.0 Å². The highest BCUT2D eigenvalue weighted by atomic mass is 16.5. The fourth-order valence-electron chi connectivity index (χ4n) is 7.63. The Hall–Kier alpha value is -2.12. The molecule has 2 saturated heterocycles. The second-order valence-electron chi connectivity index (χ2n) is 11.3. The lowest BCUT2D eigenvalue weighted by molar-refractivity contribution is -0.200. The molecule has 4 fully saturated rings. The molecule has 1 N–H and O–H groups in total. The van der Waals surface area contributed by atoms with Crippen LogP contribution in [0.4, 0.5) is 4.79 Å². The van der Waals surface area contributed by atoms with Gasteiger partial charge in [-0.15, -0.1) is 0 Å². The second-order valence-corrected chi connectivity index (χ2v) is 11.3. The van der Waals surface area contributed by atoms with Crippen LogP contribution in [0.25, 0.3) is 0 Å². The van der Waals surface area contributed by atoms with Crippen molar-refractivity contribution in [2.24, 2.45) is 11.3 Å². The molecule has 2 bridgehead atoms. The van der Waals surface area contributed by atoms with E-state index in [0.29, 0.717) is 38.1 Å². The van der Waals surface area contributed by atoms with Gasteiger partial charge in [-0.2, -0.15) is 0 Å². The van der Waals surface area contributed by atoms with Crippen LogP contribution < -0.4 is 0 Å². The molecule has 1 spiro atoms. The lowest BCUT2D eigenvalue weighted by atomic mass is 9.49. The number of methoxy groups -OCH3 is 1. The topological polar surface area (TPSA) is 73.3 Å². The largest absolute Gasteiger partial charge is 0.497 e. The Morgan fingerprint density at radius 3 is 2.57 bits per heavy atom. The Morgan fingerprint density at radius 2 is 1.91 bits per heavy atom. The van der Waals surface area contributed by atoms with E-state index < -0.39 is 16.6 Å². The monoisotopic (exact) mass is 483 g/mol. The zero-order valence-corrected chi connectivity index (χ0v) is 21.6. The average molecular weight is 484 g/mol. The lowest BCUT2D eigenvalue weighted by Crippen LogP contribution is -2.73. The summed E-state index contributed by atoms with van der Waals surface area (Å²) in [6.45, 7) is 11.1. The summed E-state index contributed by atoms with van der Waals surface area (Å²) in [5.74, 6) is 1.33. The zero-order chi connectivity index (χ0) is 25.0. The number of carbonyl (C=O) groups is 2. The summed E-state index contributed by atoms with van der Waals surface area (Å²) in [6.07, 6.45) is 12.4. The van der Waals surface area contributed by atoms with Crippen LogP contribution in [0.15, 0.2) is 36.1 Å². The number of ether oxygens (including phenoxy) is 1. The number of piperidine rings is 1. The first-order chi connectivity index (χ1) is 16.8. The van der Waals surface area contributed by atoms with Crippen LogP contribution in [0.1, 0.15) is 65.2 Å². The van der Waals surface area contributed by atoms with Gasteiger partial charge >= 0.3 is 6.03 Å². The van der Waals surface area contributed by atoms with Gasteiger partial charge in [-0.1, -0.05) is 12.7 Å². The van der Waals surface area contributed by atoms with Gasteiger partial charge in [-0.25, -0.2) is 4.79 Å². The SMILES string of the molecule is C=C1/C=C(OC)\C=C/CC[C@H]2N(CC3CC3)CC[C@@]13C[C@@]1(CC[C@@]23O)C(=O)N(CC)C(=O)N1CC.